The molecule has 3 aromatic rings. The third kappa shape index (κ3) is 6.78. The van der Waals surface area contributed by atoms with E-state index in [1.54, 1.807) is 28.0 Å². The molecule has 0 aliphatic rings. The van der Waals surface area contributed by atoms with Crippen LogP contribution >= 0.6 is 0 Å². The van der Waals surface area contributed by atoms with Crippen molar-refractivity contribution >= 4 is 11.8 Å². The van der Waals surface area contributed by atoms with Gasteiger partial charge in [0.2, 0.25) is 5.91 Å². The van der Waals surface area contributed by atoms with Gasteiger partial charge in [-0.25, -0.2) is 4.39 Å². The summed E-state index contributed by atoms with van der Waals surface area (Å²) in [7, 11) is 0. The van der Waals surface area contributed by atoms with Gasteiger partial charge in [-0.1, -0.05) is 44.2 Å². The fourth-order valence-corrected chi connectivity index (χ4v) is 3.71. The predicted molar refractivity (Wildman–Crippen MR) is 126 cm³/mol. The Balaban J connectivity index is 1.84. The monoisotopic (exact) mass is 450 g/mol. The lowest BCUT2D eigenvalue weighted by molar-refractivity contribution is -0.133. The summed E-state index contributed by atoms with van der Waals surface area (Å²) in [4.78, 5) is 30.0. The number of hydrogen-bond acceptors (Lipinski definition) is 3. The summed E-state index contributed by atoms with van der Waals surface area (Å²) in [6.07, 6.45) is 0. The fraction of sp³-hybridized carbons (Fsp3) is 0.333. The molecule has 0 unspecified atom stereocenters. The van der Waals surface area contributed by atoms with Crippen LogP contribution < -0.4 is 0 Å². The number of hydrogen-bond donors (Lipinski definition) is 0. The first-order chi connectivity index (χ1) is 15.7. The van der Waals surface area contributed by atoms with E-state index >= 15 is 0 Å². The standard InChI is InChI=1S/C27H31FN2O3/c1-19(2)15-30(27(32)25-8-6-5-7-20(25)3)18-26(31)29(17-24-14-9-21(4)33-24)16-22-10-12-23(28)13-11-22/h5-14,19H,15-18H2,1-4H3. The quantitative estimate of drug-likeness (QED) is 0.441. The second-order valence-electron chi connectivity index (χ2n) is 8.78. The van der Waals surface area contributed by atoms with E-state index in [1.165, 1.54) is 12.1 Å². The van der Waals surface area contributed by atoms with Gasteiger partial charge < -0.3 is 14.2 Å². The molecule has 0 saturated carbocycles. The second kappa shape index (κ2) is 10.9. The lowest BCUT2D eigenvalue weighted by atomic mass is 10.1. The molecule has 3 rings (SSSR count). The van der Waals surface area contributed by atoms with Gasteiger partial charge in [0.05, 0.1) is 6.54 Å². The van der Waals surface area contributed by atoms with Gasteiger partial charge >= 0.3 is 0 Å². The molecular weight excluding hydrogens is 419 g/mol. The molecular formula is C27H31FN2O3. The van der Waals surface area contributed by atoms with Crippen LogP contribution in [0.3, 0.4) is 0 Å². The van der Waals surface area contributed by atoms with Crippen LogP contribution in [0.4, 0.5) is 4.39 Å². The summed E-state index contributed by atoms with van der Waals surface area (Å²) in [6.45, 7) is 8.74. The van der Waals surface area contributed by atoms with Crippen LogP contribution in [0.2, 0.25) is 0 Å². The Labute approximate surface area is 194 Å². The van der Waals surface area contributed by atoms with E-state index in [1.807, 2.05) is 58.0 Å². The summed E-state index contributed by atoms with van der Waals surface area (Å²) in [6, 6.07) is 17.2. The van der Waals surface area contributed by atoms with Gasteiger partial charge in [-0.2, -0.15) is 0 Å². The first kappa shape index (κ1) is 24.2. The van der Waals surface area contributed by atoms with Gasteiger partial charge in [0, 0.05) is 18.7 Å². The van der Waals surface area contributed by atoms with Gasteiger partial charge in [-0.15, -0.1) is 0 Å². The SMILES string of the molecule is Cc1ccc(CN(Cc2ccc(F)cc2)C(=O)CN(CC(C)C)C(=O)c2ccccc2C)o1. The first-order valence-electron chi connectivity index (χ1n) is 11.2. The fourth-order valence-electron chi connectivity index (χ4n) is 3.71. The lowest BCUT2D eigenvalue weighted by Crippen LogP contribution is -2.44. The number of carbonyl (C=O) groups is 2. The van der Waals surface area contributed by atoms with Gasteiger partial charge in [0.15, 0.2) is 0 Å². The molecule has 2 amide bonds. The van der Waals surface area contributed by atoms with Crippen LogP contribution in [0.25, 0.3) is 0 Å². The van der Waals surface area contributed by atoms with Crippen LogP contribution in [-0.4, -0.2) is 34.7 Å². The molecule has 6 heteroatoms. The van der Waals surface area contributed by atoms with E-state index in [0.717, 1.165) is 16.9 Å². The van der Waals surface area contributed by atoms with E-state index in [0.29, 0.717) is 17.9 Å². The van der Waals surface area contributed by atoms with Crippen molar-refractivity contribution in [3.63, 3.8) is 0 Å². The highest BCUT2D eigenvalue weighted by Crippen LogP contribution is 2.16. The topological polar surface area (TPSA) is 53.8 Å². The summed E-state index contributed by atoms with van der Waals surface area (Å²) in [5.74, 6) is 0.926. The highest BCUT2D eigenvalue weighted by Gasteiger charge is 2.25. The lowest BCUT2D eigenvalue weighted by Gasteiger charge is -2.29. The Morgan fingerprint density at radius 3 is 2.21 bits per heavy atom. The minimum atomic E-state index is -0.328. The van der Waals surface area contributed by atoms with Crippen LogP contribution in [0.5, 0.6) is 0 Å². The molecule has 0 aliphatic carbocycles. The van der Waals surface area contributed by atoms with Crippen LogP contribution in [0.1, 0.15) is 46.9 Å². The summed E-state index contributed by atoms with van der Waals surface area (Å²) < 4.78 is 19.1. The molecule has 0 spiro atoms. The highest BCUT2D eigenvalue weighted by molar-refractivity contribution is 5.97. The Morgan fingerprint density at radius 1 is 0.909 bits per heavy atom. The maximum absolute atomic E-state index is 13.5. The van der Waals surface area contributed by atoms with Gasteiger partial charge in [-0.3, -0.25) is 9.59 Å². The number of rotatable bonds is 9. The molecule has 1 heterocycles. The van der Waals surface area contributed by atoms with Crippen molar-refractivity contribution in [2.24, 2.45) is 5.92 Å². The first-order valence-corrected chi connectivity index (χ1v) is 11.2. The van der Waals surface area contributed by atoms with Crippen molar-refractivity contribution in [2.45, 2.75) is 40.8 Å². The number of aryl methyl sites for hydroxylation is 2. The van der Waals surface area contributed by atoms with Gasteiger partial charge in [-0.05, 0) is 61.2 Å². The van der Waals surface area contributed by atoms with Crippen molar-refractivity contribution in [2.75, 3.05) is 13.1 Å². The molecule has 174 valence electrons. The third-order valence-electron chi connectivity index (χ3n) is 5.36. The maximum Gasteiger partial charge on any atom is 0.254 e. The minimum Gasteiger partial charge on any atom is -0.464 e. The smallest absolute Gasteiger partial charge is 0.254 e. The van der Waals surface area contributed by atoms with Crippen LogP contribution in [-0.2, 0) is 17.9 Å². The molecule has 0 N–H and O–H groups in total. The number of nitrogens with zero attached hydrogens (tertiary/aromatic N) is 2. The number of amides is 2. The molecule has 0 atom stereocenters. The van der Waals surface area contributed by atoms with Crippen molar-refractivity contribution in [1.82, 2.24) is 9.80 Å². The summed E-state index contributed by atoms with van der Waals surface area (Å²) in [5, 5.41) is 0. The second-order valence-corrected chi connectivity index (χ2v) is 8.78. The molecule has 2 aromatic carbocycles. The van der Waals surface area contributed by atoms with Crippen molar-refractivity contribution < 1.29 is 18.4 Å². The number of benzene rings is 2. The van der Waals surface area contributed by atoms with E-state index < -0.39 is 0 Å². The molecule has 1 aromatic heterocycles. The maximum atomic E-state index is 13.5. The Morgan fingerprint density at radius 2 is 1.61 bits per heavy atom. The normalized spacial score (nSPS) is 11.0. The van der Waals surface area contributed by atoms with E-state index in [4.69, 9.17) is 4.42 Å². The average Bonchev–Trinajstić information content (AvgIpc) is 3.18. The Bertz CT molecular complexity index is 1090. The molecule has 0 saturated heterocycles. The zero-order valence-corrected chi connectivity index (χ0v) is 19.7. The zero-order valence-electron chi connectivity index (χ0n) is 19.7. The van der Waals surface area contributed by atoms with Crippen molar-refractivity contribution in [3.05, 3.63) is 94.7 Å². The van der Waals surface area contributed by atoms with E-state index in [-0.39, 0.29) is 43.2 Å². The van der Waals surface area contributed by atoms with Gasteiger partial charge in [0.25, 0.3) is 5.91 Å². The highest BCUT2D eigenvalue weighted by atomic mass is 19.1. The average molecular weight is 451 g/mol. The minimum absolute atomic E-state index is 0.0494. The van der Waals surface area contributed by atoms with Crippen molar-refractivity contribution in [3.8, 4) is 0 Å². The molecule has 33 heavy (non-hydrogen) atoms. The molecule has 0 bridgehead atoms. The van der Waals surface area contributed by atoms with Crippen LogP contribution in [0, 0.1) is 25.6 Å². The largest absolute Gasteiger partial charge is 0.464 e. The molecule has 0 fully saturated rings. The number of halogens is 1. The Kier molecular flexibility index (Phi) is 8.04. The number of carbonyl (C=O) groups excluding carboxylic acids is 2. The Hall–Kier alpha value is -3.41. The van der Waals surface area contributed by atoms with Crippen LogP contribution in [0.15, 0.2) is 65.1 Å². The summed E-state index contributed by atoms with van der Waals surface area (Å²) in [5.41, 5.74) is 2.27. The zero-order chi connectivity index (χ0) is 24.0. The molecule has 0 radical (unpaired) electrons. The molecule has 0 aliphatic heterocycles. The molecule has 5 nitrogen and oxygen atoms in total. The van der Waals surface area contributed by atoms with Crippen molar-refractivity contribution in [1.29, 1.82) is 0 Å². The predicted octanol–water partition coefficient (Wildman–Crippen LogP) is 5.36. The third-order valence-corrected chi connectivity index (χ3v) is 5.36. The number of furan rings is 1. The van der Waals surface area contributed by atoms with E-state index in [2.05, 4.69) is 0 Å². The summed E-state index contributed by atoms with van der Waals surface area (Å²) >= 11 is 0. The van der Waals surface area contributed by atoms with Gasteiger partial charge in [0.1, 0.15) is 23.9 Å². The van der Waals surface area contributed by atoms with E-state index in [9.17, 15) is 14.0 Å².